The van der Waals surface area contributed by atoms with Crippen LogP contribution in [0.25, 0.3) is 0 Å². The molecule has 5 unspecified atom stereocenters. The molecule has 90 valence electrons. The van der Waals surface area contributed by atoms with Gasteiger partial charge in [0.15, 0.2) is 5.60 Å². The van der Waals surface area contributed by atoms with E-state index in [0.717, 1.165) is 6.42 Å². The lowest BCUT2D eigenvalue weighted by atomic mass is 9.78. The molecule has 3 heteroatoms. The fourth-order valence-corrected chi connectivity index (χ4v) is 4.71. The molecule has 1 heterocycles. The van der Waals surface area contributed by atoms with Crippen molar-refractivity contribution in [2.45, 2.75) is 45.8 Å². The molecular formula is C13H20O3. The van der Waals surface area contributed by atoms with E-state index in [2.05, 4.69) is 20.8 Å². The highest BCUT2D eigenvalue weighted by molar-refractivity contribution is 5.84. The Morgan fingerprint density at radius 1 is 1.50 bits per heavy atom. The van der Waals surface area contributed by atoms with Crippen LogP contribution in [-0.4, -0.2) is 24.3 Å². The van der Waals surface area contributed by atoms with E-state index in [1.165, 1.54) is 0 Å². The van der Waals surface area contributed by atoms with E-state index in [1.54, 1.807) is 0 Å². The van der Waals surface area contributed by atoms with Gasteiger partial charge in [0.2, 0.25) is 0 Å². The molecule has 3 fully saturated rings. The first kappa shape index (κ1) is 10.6. The average molecular weight is 224 g/mol. The van der Waals surface area contributed by atoms with Crippen molar-refractivity contribution in [3.63, 3.8) is 0 Å². The number of rotatable bonds is 2. The van der Waals surface area contributed by atoms with Crippen LogP contribution >= 0.6 is 0 Å². The second-order valence-electron chi connectivity index (χ2n) is 6.16. The Bertz CT molecular complexity index is 349. The van der Waals surface area contributed by atoms with Crippen LogP contribution in [0.15, 0.2) is 0 Å². The van der Waals surface area contributed by atoms with E-state index in [4.69, 9.17) is 9.47 Å². The number of hydrogen-bond acceptors (Lipinski definition) is 3. The van der Waals surface area contributed by atoms with Gasteiger partial charge in [0, 0.05) is 12.5 Å². The van der Waals surface area contributed by atoms with Crippen molar-refractivity contribution in [3.8, 4) is 0 Å². The molecule has 2 bridgehead atoms. The first-order chi connectivity index (χ1) is 7.45. The van der Waals surface area contributed by atoms with Crippen molar-refractivity contribution in [1.82, 2.24) is 0 Å². The van der Waals surface area contributed by atoms with Gasteiger partial charge < -0.3 is 9.47 Å². The van der Waals surface area contributed by atoms with Gasteiger partial charge in [0.1, 0.15) is 6.10 Å². The van der Waals surface area contributed by atoms with Crippen LogP contribution in [0, 0.1) is 23.2 Å². The summed E-state index contributed by atoms with van der Waals surface area (Å²) in [6, 6.07) is 0. The molecule has 3 nitrogen and oxygen atoms in total. The van der Waals surface area contributed by atoms with Crippen LogP contribution in [0.2, 0.25) is 0 Å². The van der Waals surface area contributed by atoms with Crippen molar-refractivity contribution in [2.75, 3.05) is 6.61 Å². The summed E-state index contributed by atoms with van der Waals surface area (Å²) in [6.45, 7) is 9.29. The minimum atomic E-state index is -0.611. The topological polar surface area (TPSA) is 35.5 Å². The molecule has 2 saturated carbocycles. The molecule has 1 saturated heterocycles. The van der Waals surface area contributed by atoms with Crippen LogP contribution in [-0.2, 0) is 14.3 Å². The first-order valence-corrected chi connectivity index (χ1v) is 6.30. The highest BCUT2D eigenvalue weighted by atomic mass is 16.6. The first-order valence-electron chi connectivity index (χ1n) is 6.30. The van der Waals surface area contributed by atoms with Crippen molar-refractivity contribution in [3.05, 3.63) is 0 Å². The Labute approximate surface area is 96.5 Å². The van der Waals surface area contributed by atoms with E-state index >= 15 is 0 Å². The fourth-order valence-electron chi connectivity index (χ4n) is 4.71. The van der Waals surface area contributed by atoms with Gasteiger partial charge in [-0.3, -0.25) is 0 Å². The summed E-state index contributed by atoms with van der Waals surface area (Å²) in [5, 5.41) is 0. The number of hydrogen-bond donors (Lipinski definition) is 0. The summed E-state index contributed by atoms with van der Waals surface area (Å²) in [6.07, 6.45) is 0.947. The van der Waals surface area contributed by atoms with Gasteiger partial charge in [-0.2, -0.15) is 0 Å². The molecule has 0 N–H and O–H groups in total. The molecule has 5 atom stereocenters. The minimum Gasteiger partial charge on any atom is -0.459 e. The third-order valence-corrected chi connectivity index (χ3v) is 5.25. The largest absolute Gasteiger partial charge is 0.459 e. The van der Waals surface area contributed by atoms with Crippen molar-refractivity contribution >= 4 is 5.97 Å². The average Bonchev–Trinajstić information content (AvgIpc) is 2.64. The summed E-state index contributed by atoms with van der Waals surface area (Å²) < 4.78 is 11.4. The second-order valence-corrected chi connectivity index (χ2v) is 6.16. The Kier molecular flexibility index (Phi) is 1.86. The third-order valence-electron chi connectivity index (χ3n) is 5.25. The number of fused-ring (bicyclic) bond motifs is 1. The lowest BCUT2D eigenvalue weighted by Gasteiger charge is -2.31. The van der Waals surface area contributed by atoms with E-state index in [-0.39, 0.29) is 23.4 Å². The van der Waals surface area contributed by atoms with Crippen LogP contribution < -0.4 is 0 Å². The molecule has 3 rings (SSSR count). The van der Waals surface area contributed by atoms with Crippen molar-refractivity contribution in [1.29, 1.82) is 0 Å². The van der Waals surface area contributed by atoms with Crippen molar-refractivity contribution in [2.24, 2.45) is 23.2 Å². The van der Waals surface area contributed by atoms with Crippen LogP contribution in [0.3, 0.4) is 0 Å². The fraction of sp³-hybridized carbons (Fsp3) is 0.923. The van der Waals surface area contributed by atoms with Gasteiger partial charge in [-0.05, 0) is 30.6 Å². The summed E-state index contributed by atoms with van der Waals surface area (Å²) in [4.78, 5) is 12.1. The van der Waals surface area contributed by atoms with Crippen LogP contribution in [0.1, 0.15) is 34.1 Å². The molecule has 1 aliphatic heterocycles. The summed E-state index contributed by atoms with van der Waals surface area (Å²) >= 11 is 0. The maximum atomic E-state index is 12.1. The zero-order chi connectivity index (χ0) is 11.7. The number of carbonyl (C=O) groups is 1. The Hall–Kier alpha value is -0.570. The van der Waals surface area contributed by atoms with Crippen LogP contribution in [0.4, 0.5) is 0 Å². The molecule has 0 aromatic carbocycles. The minimum absolute atomic E-state index is 0.0906. The molecule has 0 radical (unpaired) electrons. The maximum absolute atomic E-state index is 12.1. The van der Waals surface area contributed by atoms with Crippen molar-refractivity contribution < 1.29 is 14.3 Å². The molecule has 16 heavy (non-hydrogen) atoms. The van der Waals surface area contributed by atoms with Crippen LogP contribution in [0.5, 0.6) is 0 Å². The highest BCUT2D eigenvalue weighted by Crippen LogP contribution is 2.69. The predicted molar refractivity (Wildman–Crippen MR) is 58.8 cm³/mol. The lowest BCUT2D eigenvalue weighted by molar-refractivity contribution is -0.160. The van der Waals surface area contributed by atoms with Gasteiger partial charge in [0.25, 0.3) is 0 Å². The normalized spacial score (nSPS) is 52.1. The zero-order valence-electron chi connectivity index (χ0n) is 10.4. The quantitative estimate of drug-likeness (QED) is 0.673. The number of carbonyl (C=O) groups excluding carboxylic acids is 1. The lowest BCUT2D eigenvalue weighted by Crippen LogP contribution is -2.45. The summed E-state index contributed by atoms with van der Waals surface area (Å²) in [5.74, 6) is 1.19. The number of ether oxygens (including phenoxy) is 2. The monoisotopic (exact) mass is 224 g/mol. The van der Waals surface area contributed by atoms with E-state index in [1.807, 2.05) is 6.92 Å². The summed E-state index contributed by atoms with van der Waals surface area (Å²) in [5.41, 5.74) is -0.439. The van der Waals surface area contributed by atoms with Gasteiger partial charge in [-0.1, -0.05) is 20.8 Å². The van der Waals surface area contributed by atoms with Gasteiger partial charge >= 0.3 is 5.97 Å². The summed E-state index contributed by atoms with van der Waals surface area (Å²) in [7, 11) is 0. The van der Waals surface area contributed by atoms with Gasteiger partial charge in [-0.15, -0.1) is 0 Å². The van der Waals surface area contributed by atoms with E-state index < -0.39 is 5.60 Å². The SMILES string of the molecule is CCOC12CC3C(C)C(OC1=O)C2C3(C)C. The Balaban J connectivity index is 2.08. The Morgan fingerprint density at radius 2 is 2.19 bits per heavy atom. The van der Waals surface area contributed by atoms with E-state index in [0.29, 0.717) is 18.4 Å². The Morgan fingerprint density at radius 3 is 2.75 bits per heavy atom. The molecule has 0 aromatic rings. The molecular weight excluding hydrogens is 204 g/mol. The molecule has 0 aromatic heterocycles. The molecule has 0 amide bonds. The van der Waals surface area contributed by atoms with Gasteiger partial charge in [-0.25, -0.2) is 4.79 Å². The maximum Gasteiger partial charge on any atom is 0.339 e. The van der Waals surface area contributed by atoms with E-state index in [9.17, 15) is 4.79 Å². The smallest absolute Gasteiger partial charge is 0.339 e. The molecule has 0 spiro atoms. The standard InChI is InChI=1S/C13H20O3/c1-5-15-13-6-8-7(2)9(16-11(13)14)10(13)12(8,3)4/h7-10H,5-6H2,1-4H3. The number of esters is 1. The highest BCUT2D eigenvalue weighted by Gasteiger charge is 2.77. The van der Waals surface area contributed by atoms with Gasteiger partial charge in [0.05, 0.1) is 0 Å². The third kappa shape index (κ3) is 0.885. The molecule has 2 aliphatic carbocycles. The zero-order valence-corrected chi connectivity index (χ0v) is 10.4. The second kappa shape index (κ2) is 2.81. The molecule has 3 aliphatic rings. The predicted octanol–water partition coefficient (Wildman–Crippen LogP) is 2.00.